The zero-order chi connectivity index (χ0) is 21.4. The fraction of sp³-hybridized carbons (Fsp3) is 0.435. The molecule has 6 nitrogen and oxygen atoms in total. The molecule has 2 aromatic carbocycles. The Labute approximate surface area is 174 Å². The summed E-state index contributed by atoms with van der Waals surface area (Å²) in [6.07, 6.45) is 2.07. The van der Waals surface area contributed by atoms with Crippen LogP contribution >= 0.6 is 0 Å². The van der Waals surface area contributed by atoms with Crippen molar-refractivity contribution in [2.45, 2.75) is 37.8 Å². The zero-order valence-corrected chi connectivity index (χ0v) is 16.9. The lowest BCUT2D eigenvalue weighted by Gasteiger charge is -2.68. The molecule has 3 aliphatic carbocycles. The molecule has 0 unspecified atom stereocenters. The number of nitrogens with one attached hydrogen (secondary N) is 1. The van der Waals surface area contributed by atoms with Gasteiger partial charge in [0.15, 0.2) is 11.6 Å². The summed E-state index contributed by atoms with van der Waals surface area (Å²) in [5.74, 6) is -0.236. The third kappa shape index (κ3) is 3.52. The van der Waals surface area contributed by atoms with Crippen molar-refractivity contribution >= 4 is 5.97 Å². The van der Waals surface area contributed by atoms with Crippen molar-refractivity contribution in [3.63, 3.8) is 0 Å². The third-order valence-electron chi connectivity index (χ3n) is 6.37. The Kier molecular flexibility index (Phi) is 5.42. The molecule has 3 saturated carbocycles. The second kappa shape index (κ2) is 7.89. The molecule has 0 radical (unpaired) electrons. The van der Waals surface area contributed by atoms with E-state index in [2.05, 4.69) is 11.4 Å². The van der Waals surface area contributed by atoms with E-state index in [0.717, 1.165) is 16.7 Å². The number of carbonyl (C=O) groups is 1. The molecule has 3 N–H and O–H groups in total. The van der Waals surface area contributed by atoms with Crippen LogP contribution in [0.2, 0.25) is 0 Å². The molecule has 7 heteroatoms. The van der Waals surface area contributed by atoms with E-state index < -0.39 is 17.2 Å². The van der Waals surface area contributed by atoms with Crippen LogP contribution < -0.4 is 14.8 Å². The number of aliphatic hydroxyl groups excluding tert-OH is 1. The number of benzene rings is 2. The van der Waals surface area contributed by atoms with Crippen molar-refractivity contribution in [1.82, 2.24) is 5.32 Å². The first kappa shape index (κ1) is 20.6. The molecule has 0 aliphatic heterocycles. The number of aliphatic carboxylic acids is 1. The van der Waals surface area contributed by atoms with Crippen LogP contribution in [0.25, 0.3) is 0 Å². The first-order valence-corrected chi connectivity index (χ1v) is 10.0. The van der Waals surface area contributed by atoms with Gasteiger partial charge in [-0.3, -0.25) is 4.79 Å². The van der Waals surface area contributed by atoms with Crippen molar-refractivity contribution in [2.24, 2.45) is 5.41 Å². The van der Waals surface area contributed by atoms with E-state index in [0.29, 0.717) is 38.1 Å². The highest BCUT2D eigenvalue weighted by Gasteiger charge is 2.72. The Balaban J connectivity index is 1.50. The summed E-state index contributed by atoms with van der Waals surface area (Å²) in [4.78, 5) is 11.4. The molecule has 0 amide bonds. The lowest BCUT2D eigenvalue weighted by atomic mass is 9.33. The van der Waals surface area contributed by atoms with Gasteiger partial charge in [0.2, 0.25) is 0 Å². The molecule has 0 aromatic heterocycles. The Bertz CT molecular complexity index is 941. The van der Waals surface area contributed by atoms with Gasteiger partial charge in [-0.05, 0) is 54.0 Å². The highest BCUT2D eigenvalue weighted by Crippen LogP contribution is 2.73. The van der Waals surface area contributed by atoms with E-state index in [1.165, 1.54) is 13.2 Å². The summed E-state index contributed by atoms with van der Waals surface area (Å²) in [7, 11) is 1.42. The number of methoxy groups -OCH3 is 1. The van der Waals surface area contributed by atoms with Crippen molar-refractivity contribution in [2.75, 3.05) is 20.3 Å². The van der Waals surface area contributed by atoms with Crippen LogP contribution in [0.1, 0.15) is 36.0 Å². The first-order valence-electron chi connectivity index (χ1n) is 10.0. The number of carboxylic acids is 1. The van der Waals surface area contributed by atoms with Crippen LogP contribution in [-0.4, -0.2) is 36.4 Å². The smallest absolute Gasteiger partial charge is 0.309 e. The van der Waals surface area contributed by atoms with Crippen molar-refractivity contribution in [3.8, 4) is 11.5 Å². The third-order valence-corrected chi connectivity index (χ3v) is 6.37. The maximum Gasteiger partial charge on any atom is 0.309 e. The van der Waals surface area contributed by atoms with E-state index >= 15 is 0 Å². The zero-order valence-electron chi connectivity index (χ0n) is 16.9. The second-order valence-electron chi connectivity index (χ2n) is 8.38. The summed E-state index contributed by atoms with van der Waals surface area (Å²) in [5.41, 5.74) is 2.32. The second-order valence-corrected chi connectivity index (χ2v) is 8.38. The van der Waals surface area contributed by atoms with Crippen molar-refractivity contribution in [1.29, 1.82) is 0 Å². The average molecular weight is 415 g/mol. The van der Waals surface area contributed by atoms with Gasteiger partial charge in [0, 0.05) is 18.7 Å². The summed E-state index contributed by atoms with van der Waals surface area (Å²) in [6.45, 7) is 1.29. The van der Waals surface area contributed by atoms with Crippen LogP contribution in [0.3, 0.4) is 0 Å². The number of rotatable bonds is 10. The topological polar surface area (TPSA) is 88.0 Å². The van der Waals surface area contributed by atoms with Gasteiger partial charge >= 0.3 is 5.97 Å². The standard InChI is InChI=1S/C23H26FNO5/c1-29-20-8-15(2-4-18(20)24)11-30-19-5-3-17(9-16(19)10-25-6-7-26)22-12-23(13-22,14-22)21(27)28/h2-5,8-9,25-26H,6-7,10-14H2,1H3,(H,27,28). The Morgan fingerprint density at radius 2 is 1.93 bits per heavy atom. The molecule has 0 atom stereocenters. The van der Waals surface area contributed by atoms with Gasteiger partial charge in [-0.2, -0.15) is 0 Å². The number of carboxylic acid groups (broad SMARTS) is 1. The predicted molar refractivity (Wildman–Crippen MR) is 108 cm³/mol. The Morgan fingerprint density at radius 3 is 2.60 bits per heavy atom. The minimum Gasteiger partial charge on any atom is -0.494 e. The molecule has 5 rings (SSSR count). The predicted octanol–water partition coefficient (Wildman–Crippen LogP) is 3.00. The summed E-state index contributed by atoms with van der Waals surface area (Å²) < 4.78 is 24.6. The number of hydrogen-bond acceptors (Lipinski definition) is 5. The lowest BCUT2D eigenvalue weighted by Crippen LogP contribution is -2.67. The van der Waals surface area contributed by atoms with Crippen molar-refractivity contribution < 1.29 is 28.9 Å². The van der Waals surface area contributed by atoms with Gasteiger partial charge in [-0.15, -0.1) is 0 Å². The van der Waals surface area contributed by atoms with Gasteiger partial charge < -0.3 is 25.0 Å². The molecule has 0 saturated heterocycles. The monoisotopic (exact) mass is 415 g/mol. The van der Waals surface area contributed by atoms with E-state index in [9.17, 15) is 14.3 Å². The number of aliphatic hydroxyl groups is 1. The first-order chi connectivity index (χ1) is 14.4. The molecular formula is C23H26FNO5. The quantitative estimate of drug-likeness (QED) is 0.517. The SMILES string of the molecule is COc1cc(COc2ccc(C34CC(C(=O)O)(C3)C4)cc2CNCCO)ccc1F. The van der Waals surface area contributed by atoms with E-state index in [1.807, 2.05) is 12.1 Å². The summed E-state index contributed by atoms with van der Waals surface area (Å²) >= 11 is 0. The number of hydrogen-bond donors (Lipinski definition) is 3. The molecule has 3 aliphatic rings. The van der Waals surface area contributed by atoms with Crippen LogP contribution in [0.15, 0.2) is 36.4 Å². The molecule has 30 heavy (non-hydrogen) atoms. The summed E-state index contributed by atoms with van der Waals surface area (Å²) in [5, 5.41) is 21.6. The maximum atomic E-state index is 13.6. The van der Waals surface area contributed by atoms with Gasteiger partial charge in [-0.1, -0.05) is 18.2 Å². The van der Waals surface area contributed by atoms with Crippen LogP contribution in [0.4, 0.5) is 4.39 Å². The largest absolute Gasteiger partial charge is 0.494 e. The normalized spacial score (nSPS) is 24.0. The van der Waals surface area contributed by atoms with E-state index in [-0.39, 0.29) is 24.4 Å². The molecule has 0 heterocycles. The maximum absolute atomic E-state index is 13.6. The van der Waals surface area contributed by atoms with Crippen molar-refractivity contribution in [3.05, 3.63) is 58.9 Å². The lowest BCUT2D eigenvalue weighted by molar-refractivity contribution is -0.194. The molecular weight excluding hydrogens is 389 g/mol. The van der Waals surface area contributed by atoms with Crippen LogP contribution in [-0.2, 0) is 23.4 Å². The highest BCUT2D eigenvalue weighted by atomic mass is 19.1. The van der Waals surface area contributed by atoms with E-state index in [1.54, 1.807) is 12.1 Å². The van der Waals surface area contributed by atoms with Crippen LogP contribution in [0, 0.1) is 11.2 Å². The average Bonchev–Trinajstić information content (AvgIpc) is 2.66. The minimum atomic E-state index is -0.691. The number of halogens is 1. The molecule has 0 spiro atoms. The molecule has 160 valence electrons. The summed E-state index contributed by atoms with van der Waals surface area (Å²) in [6, 6.07) is 10.6. The van der Waals surface area contributed by atoms with Gasteiger partial charge in [0.1, 0.15) is 12.4 Å². The highest BCUT2D eigenvalue weighted by molar-refractivity contribution is 5.81. The van der Waals surface area contributed by atoms with Gasteiger partial charge in [0.05, 0.1) is 19.1 Å². The fourth-order valence-corrected chi connectivity index (χ4v) is 4.77. The Morgan fingerprint density at radius 1 is 1.17 bits per heavy atom. The number of ether oxygens (including phenoxy) is 2. The fourth-order valence-electron chi connectivity index (χ4n) is 4.77. The molecule has 3 fully saturated rings. The van der Waals surface area contributed by atoms with Crippen LogP contribution in [0.5, 0.6) is 11.5 Å². The Hall–Kier alpha value is -2.64. The molecule has 2 aromatic rings. The molecule has 2 bridgehead atoms. The van der Waals surface area contributed by atoms with E-state index in [4.69, 9.17) is 14.6 Å². The van der Waals surface area contributed by atoms with Gasteiger partial charge in [0.25, 0.3) is 0 Å². The minimum absolute atomic E-state index is 0.0348. The van der Waals surface area contributed by atoms with Gasteiger partial charge in [-0.25, -0.2) is 4.39 Å².